The van der Waals surface area contributed by atoms with E-state index in [4.69, 9.17) is 11.6 Å². The molecule has 1 fully saturated rings. The number of carbonyl (C=O) groups excluding carboxylic acids is 1. The van der Waals surface area contributed by atoms with Gasteiger partial charge in [-0.05, 0) is 36.6 Å². The van der Waals surface area contributed by atoms with Gasteiger partial charge in [0.1, 0.15) is 0 Å². The molecular formula is C19H20ClNOS. The molecule has 0 aromatic heterocycles. The molecule has 2 nitrogen and oxygen atoms in total. The van der Waals surface area contributed by atoms with Gasteiger partial charge in [-0.3, -0.25) is 4.79 Å². The van der Waals surface area contributed by atoms with Crippen molar-refractivity contribution in [2.75, 3.05) is 18.8 Å². The number of rotatable bonds is 2. The molecule has 2 aromatic carbocycles. The Morgan fingerprint density at radius 2 is 1.87 bits per heavy atom. The summed E-state index contributed by atoms with van der Waals surface area (Å²) in [6.45, 7) is 3.56. The van der Waals surface area contributed by atoms with E-state index in [0.717, 1.165) is 41.4 Å². The van der Waals surface area contributed by atoms with Crippen molar-refractivity contribution in [1.82, 2.24) is 4.90 Å². The Hall–Kier alpha value is -1.45. The number of benzene rings is 2. The van der Waals surface area contributed by atoms with E-state index in [1.807, 2.05) is 66.1 Å². The predicted molar refractivity (Wildman–Crippen MR) is 98.4 cm³/mol. The Morgan fingerprint density at radius 3 is 2.65 bits per heavy atom. The van der Waals surface area contributed by atoms with Crippen LogP contribution < -0.4 is 0 Å². The number of halogens is 1. The first kappa shape index (κ1) is 16.4. The second-order valence-corrected chi connectivity index (χ2v) is 7.49. The van der Waals surface area contributed by atoms with Crippen LogP contribution in [0.15, 0.2) is 48.5 Å². The van der Waals surface area contributed by atoms with Crippen molar-refractivity contribution in [3.8, 4) is 0 Å². The van der Waals surface area contributed by atoms with Gasteiger partial charge in [0, 0.05) is 34.7 Å². The lowest BCUT2D eigenvalue weighted by Gasteiger charge is -2.21. The van der Waals surface area contributed by atoms with Crippen molar-refractivity contribution in [3.63, 3.8) is 0 Å². The van der Waals surface area contributed by atoms with E-state index in [2.05, 4.69) is 6.07 Å². The van der Waals surface area contributed by atoms with Crippen LogP contribution in [0.25, 0.3) is 0 Å². The van der Waals surface area contributed by atoms with Crippen LogP contribution in [-0.4, -0.2) is 29.6 Å². The number of amides is 1. The highest BCUT2D eigenvalue weighted by Crippen LogP contribution is 2.38. The van der Waals surface area contributed by atoms with Gasteiger partial charge in [0.2, 0.25) is 0 Å². The molecule has 120 valence electrons. The Balaban J connectivity index is 1.73. The lowest BCUT2D eigenvalue weighted by atomic mass is 10.1. The summed E-state index contributed by atoms with van der Waals surface area (Å²) in [6.07, 6.45) is 0.937. The first-order chi connectivity index (χ1) is 11.2. The third-order valence-electron chi connectivity index (χ3n) is 4.26. The van der Waals surface area contributed by atoms with Crippen LogP contribution in [-0.2, 0) is 0 Å². The normalized spacial score (nSPS) is 18.5. The van der Waals surface area contributed by atoms with Crippen molar-refractivity contribution >= 4 is 29.3 Å². The molecule has 0 radical (unpaired) electrons. The number of aryl methyl sites for hydroxylation is 1. The Kier molecular flexibility index (Phi) is 5.29. The summed E-state index contributed by atoms with van der Waals surface area (Å²) >= 11 is 8.23. The van der Waals surface area contributed by atoms with Gasteiger partial charge in [-0.15, -0.1) is 0 Å². The molecule has 1 aliphatic rings. The van der Waals surface area contributed by atoms with Gasteiger partial charge in [0.05, 0.1) is 0 Å². The van der Waals surface area contributed by atoms with E-state index in [-0.39, 0.29) is 5.91 Å². The van der Waals surface area contributed by atoms with Gasteiger partial charge >= 0.3 is 0 Å². The van der Waals surface area contributed by atoms with E-state index in [9.17, 15) is 4.79 Å². The number of hydrogen-bond donors (Lipinski definition) is 0. The van der Waals surface area contributed by atoms with Crippen LogP contribution in [0.4, 0.5) is 0 Å². The smallest absolute Gasteiger partial charge is 0.254 e. The molecule has 0 bridgehead atoms. The van der Waals surface area contributed by atoms with E-state index in [1.165, 1.54) is 5.56 Å². The fourth-order valence-corrected chi connectivity index (χ4v) is 4.54. The highest BCUT2D eigenvalue weighted by atomic mass is 35.5. The minimum Gasteiger partial charge on any atom is -0.338 e. The van der Waals surface area contributed by atoms with Gasteiger partial charge < -0.3 is 4.90 Å². The number of hydrogen-bond acceptors (Lipinski definition) is 2. The average Bonchev–Trinajstić information content (AvgIpc) is 2.81. The van der Waals surface area contributed by atoms with E-state index in [1.54, 1.807) is 0 Å². The first-order valence-electron chi connectivity index (χ1n) is 7.88. The lowest BCUT2D eigenvalue weighted by Crippen LogP contribution is -2.33. The van der Waals surface area contributed by atoms with Crippen LogP contribution in [0.2, 0.25) is 5.02 Å². The summed E-state index contributed by atoms with van der Waals surface area (Å²) in [5.41, 5.74) is 3.04. The number of carbonyl (C=O) groups is 1. The van der Waals surface area contributed by atoms with Crippen LogP contribution in [0.5, 0.6) is 0 Å². The molecule has 2 aromatic rings. The quantitative estimate of drug-likeness (QED) is 0.766. The maximum atomic E-state index is 12.8. The van der Waals surface area contributed by atoms with Crippen molar-refractivity contribution in [3.05, 3.63) is 70.2 Å². The largest absolute Gasteiger partial charge is 0.338 e. The molecule has 23 heavy (non-hydrogen) atoms. The van der Waals surface area contributed by atoms with Gasteiger partial charge in [-0.25, -0.2) is 0 Å². The van der Waals surface area contributed by atoms with E-state index >= 15 is 0 Å². The zero-order chi connectivity index (χ0) is 16.2. The molecule has 0 saturated carbocycles. The molecule has 4 heteroatoms. The molecule has 1 atom stereocenters. The Morgan fingerprint density at radius 1 is 1.13 bits per heavy atom. The third kappa shape index (κ3) is 3.73. The molecular weight excluding hydrogens is 326 g/mol. The van der Waals surface area contributed by atoms with Crippen LogP contribution in [0.1, 0.15) is 33.2 Å². The molecule has 0 N–H and O–H groups in total. The zero-order valence-electron chi connectivity index (χ0n) is 13.2. The average molecular weight is 346 g/mol. The fraction of sp³-hybridized carbons (Fsp3) is 0.316. The summed E-state index contributed by atoms with van der Waals surface area (Å²) in [7, 11) is 0. The number of nitrogens with zero attached hydrogens (tertiary/aromatic N) is 1. The van der Waals surface area contributed by atoms with Crippen LogP contribution >= 0.6 is 23.4 Å². The summed E-state index contributed by atoms with van der Waals surface area (Å²) in [5.74, 6) is 1.08. The standard InChI is InChI=1S/C19H20ClNOS/c1-14-6-2-3-7-15(14)19(22)21-11-10-18(23-13-12-21)16-8-4-5-9-17(16)20/h2-9,18H,10-13H2,1H3/t18-/m0/s1. The fourth-order valence-electron chi connectivity index (χ4n) is 2.94. The monoisotopic (exact) mass is 345 g/mol. The molecule has 1 aliphatic heterocycles. The molecule has 0 unspecified atom stereocenters. The summed E-state index contributed by atoms with van der Waals surface area (Å²) in [4.78, 5) is 14.8. The van der Waals surface area contributed by atoms with Crippen molar-refractivity contribution in [2.24, 2.45) is 0 Å². The summed E-state index contributed by atoms with van der Waals surface area (Å²) in [5, 5.41) is 1.18. The van der Waals surface area contributed by atoms with Crippen molar-refractivity contribution in [1.29, 1.82) is 0 Å². The molecule has 0 aliphatic carbocycles. The lowest BCUT2D eigenvalue weighted by molar-refractivity contribution is 0.0766. The maximum absolute atomic E-state index is 12.8. The summed E-state index contributed by atoms with van der Waals surface area (Å²) in [6, 6.07) is 15.8. The predicted octanol–water partition coefficient (Wildman–Crippen LogP) is 4.97. The van der Waals surface area contributed by atoms with Crippen molar-refractivity contribution in [2.45, 2.75) is 18.6 Å². The van der Waals surface area contributed by atoms with E-state index < -0.39 is 0 Å². The second kappa shape index (κ2) is 7.41. The molecule has 1 saturated heterocycles. The Bertz CT molecular complexity index is 703. The molecule has 3 rings (SSSR count). The van der Waals surface area contributed by atoms with Gasteiger partial charge in [-0.2, -0.15) is 11.8 Å². The minimum absolute atomic E-state index is 0.142. The highest BCUT2D eigenvalue weighted by Gasteiger charge is 2.24. The third-order valence-corrected chi connectivity index (χ3v) is 5.91. The SMILES string of the molecule is Cc1ccccc1C(=O)N1CCS[C@H](c2ccccc2Cl)CC1. The van der Waals surface area contributed by atoms with Crippen LogP contribution in [0.3, 0.4) is 0 Å². The van der Waals surface area contributed by atoms with Crippen molar-refractivity contribution < 1.29 is 4.79 Å². The van der Waals surface area contributed by atoms with E-state index in [0.29, 0.717) is 5.25 Å². The Labute approximate surface area is 146 Å². The van der Waals surface area contributed by atoms with Crippen LogP contribution in [0, 0.1) is 6.92 Å². The minimum atomic E-state index is 0.142. The molecule has 1 heterocycles. The van der Waals surface area contributed by atoms with Gasteiger partial charge in [0.25, 0.3) is 5.91 Å². The number of thioether (sulfide) groups is 1. The highest BCUT2D eigenvalue weighted by molar-refractivity contribution is 7.99. The van der Waals surface area contributed by atoms with Gasteiger partial charge in [-0.1, -0.05) is 48.0 Å². The molecule has 0 spiro atoms. The second-order valence-electron chi connectivity index (χ2n) is 5.78. The molecule has 1 amide bonds. The zero-order valence-corrected chi connectivity index (χ0v) is 14.7. The van der Waals surface area contributed by atoms with Gasteiger partial charge in [0.15, 0.2) is 0 Å². The maximum Gasteiger partial charge on any atom is 0.254 e. The first-order valence-corrected chi connectivity index (χ1v) is 9.30. The summed E-state index contributed by atoms with van der Waals surface area (Å²) < 4.78 is 0. The topological polar surface area (TPSA) is 20.3 Å².